The number of aromatic nitrogens is 1. The first-order valence-electron chi connectivity index (χ1n) is 8.23. The molecule has 0 atom stereocenters. The molecule has 0 radical (unpaired) electrons. The van der Waals surface area contributed by atoms with Gasteiger partial charge < -0.3 is 5.32 Å². The van der Waals surface area contributed by atoms with Crippen LogP contribution in [0.5, 0.6) is 0 Å². The van der Waals surface area contributed by atoms with Crippen molar-refractivity contribution in [2.24, 2.45) is 5.92 Å². The van der Waals surface area contributed by atoms with E-state index in [-0.39, 0.29) is 0 Å². The summed E-state index contributed by atoms with van der Waals surface area (Å²) in [6, 6.07) is 4.57. The molecule has 0 aliphatic heterocycles. The summed E-state index contributed by atoms with van der Waals surface area (Å²) in [7, 11) is 2.20. The second-order valence-corrected chi connectivity index (χ2v) is 6.56. The van der Waals surface area contributed by atoms with Gasteiger partial charge in [0.15, 0.2) is 0 Å². The standard InChI is InChI=1S/C17H28ClN3/c1-4-13-6-8-14(9-7-13)21(3)12-16-15(18)10-11-17(20-16)19-5-2/h10-11,13-14H,4-9,12H2,1-3H3,(H,19,20). The Morgan fingerprint density at radius 1 is 1.24 bits per heavy atom. The third kappa shape index (κ3) is 4.58. The van der Waals surface area contributed by atoms with Gasteiger partial charge in [0.25, 0.3) is 0 Å². The molecule has 1 aromatic rings. The number of pyridine rings is 1. The first-order chi connectivity index (χ1) is 10.1. The minimum absolute atomic E-state index is 0.674. The Hall–Kier alpha value is -0.800. The van der Waals surface area contributed by atoms with Gasteiger partial charge in [-0.3, -0.25) is 4.90 Å². The predicted octanol–water partition coefficient (Wildman–Crippen LogP) is 4.57. The average Bonchev–Trinajstić information content (AvgIpc) is 2.51. The monoisotopic (exact) mass is 309 g/mol. The normalized spacial score (nSPS) is 22.5. The van der Waals surface area contributed by atoms with E-state index >= 15 is 0 Å². The average molecular weight is 310 g/mol. The molecule has 1 aliphatic carbocycles. The number of nitrogens with zero attached hydrogens (tertiary/aromatic N) is 2. The van der Waals surface area contributed by atoms with Crippen molar-refractivity contribution in [1.82, 2.24) is 9.88 Å². The number of rotatable bonds is 6. The first kappa shape index (κ1) is 16.6. The third-order valence-corrected chi connectivity index (χ3v) is 5.04. The van der Waals surface area contributed by atoms with Gasteiger partial charge in [0.2, 0.25) is 0 Å². The van der Waals surface area contributed by atoms with Crippen LogP contribution in [0.3, 0.4) is 0 Å². The number of nitrogens with one attached hydrogen (secondary N) is 1. The van der Waals surface area contributed by atoms with Crippen LogP contribution in [0.2, 0.25) is 5.02 Å². The molecule has 0 saturated heterocycles. The molecule has 1 heterocycles. The Balaban J connectivity index is 1.96. The highest BCUT2D eigenvalue weighted by Gasteiger charge is 2.23. The van der Waals surface area contributed by atoms with Crippen molar-refractivity contribution >= 4 is 17.4 Å². The van der Waals surface area contributed by atoms with Gasteiger partial charge in [0.1, 0.15) is 5.82 Å². The van der Waals surface area contributed by atoms with Gasteiger partial charge in [-0.15, -0.1) is 0 Å². The summed E-state index contributed by atoms with van der Waals surface area (Å²) in [5.41, 5.74) is 0.982. The number of halogens is 1. The van der Waals surface area contributed by atoms with Crippen LogP contribution in [0, 0.1) is 5.92 Å². The van der Waals surface area contributed by atoms with Crippen LogP contribution in [0.15, 0.2) is 12.1 Å². The minimum Gasteiger partial charge on any atom is -0.370 e. The minimum atomic E-state index is 0.674. The summed E-state index contributed by atoms with van der Waals surface area (Å²) in [5.74, 6) is 1.86. The summed E-state index contributed by atoms with van der Waals surface area (Å²) >= 11 is 6.31. The smallest absolute Gasteiger partial charge is 0.126 e. The molecule has 3 nitrogen and oxygen atoms in total. The number of hydrogen-bond acceptors (Lipinski definition) is 3. The van der Waals surface area contributed by atoms with E-state index in [1.165, 1.54) is 32.1 Å². The lowest BCUT2D eigenvalue weighted by Gasteiger charge is -2.34. The fourth-order valence-electron chi connectivity index (χ4n) is 3.23. The summed E-state index contributed by atoms with van der Waals surface area (Å²) in [6.45, 7) is 6.10. The predicted molar refractivity (Wildman–Crippen MR) is 90.9 cm³/mol. The largest absolute Gasteiger partial charge is 0.370 e. The quantitative estimate of drug-likeness (QED) is 0.834. The zero-order chi connectivity index (χ0) is 15.2. The molecule has 2 rings (SSSR count). The first-order valence-corrected chi connectivity index (χ1v) is 8.61. The van der Waals surface area contributed by atoms with E-state index in [0.717, 1.165) is 35.5 Å². The zero-order valence-electron chi connectivity index (χ0n) is 13.5. The van der Waals surface area contributed by atoms with E-state index in [2.05, 4.69) is 36.1 Å². The number of hydrogen-bond donors (Lipinski definition) is 1. The fourth-order valence-corrected chi connectivity index (χ4v) is 3.40. The molecule has 0 spiro atoms. The van der Waals surface area contributed by atoms with Gasteiger partial charge in [-0.1, -0.05) is 24.9 Å². The highest BCUT2D eigenvalue weighted by atomic mass is 35.5. The highest BCUT2D eigenvalue weighted by Crippen LogP contribution is 2.30. The maximum Gasteiger partial charge on any atom is 0.126 e. The van der Waals surface area contributed by atoms with Crippen molar-refractivity contribution in [1.29, 1.82) is 0 Å². The molecule has 21 heavy (non-hydrogen) atoms. The maximum absolute atomic E-state index is 6.31. The van der Waals surface area contributed by atoms with Crippen LogP contribution in [0.25, 0.3) is 0 Å². The van der Waals surface area contributed by atoms with Crippen molar-refractivity contribution < 1.29 is 0 Å². The molecule has 4 heteroatoms. The third-order valence-electron chi connectivity index (χ3n) is 4.69. The lowest BCUT2D eigenvalue weighted by molar-refractivity contribution is 0.156. The second-order valence-electron chi connectivity index (χ2n) is 6.15. The van der Waals surface area contributed by atoms with Crippen molar-refractivity contribution in [3.63, 3.8) is 0 Å². The van der Waals surface area contributed by atoms with Crippen molar-refractivity contribution in [3.8, 4) is 0 Å². The van der Waals surface area contributed by atoms with Crippen LogP contribution in [-0.2, 0) is 6.54 Å². The van der Waals surface area contributed by atoms with Gasteiger partial charge in [-0.2, -0.15) is 0 Å². The molecule has 0 aromatic carbocycles. The Morgan fingerprint density at radius 3 is 2.57 bits per heavy atom. The van der Waals surface area contributed by atoms with Crippen molar-refractivity contribution in [2.45, 2.75) is 58.5 Å². The highest BCUT2D eigenvalue weighted by molar-refractivity contribution is 6.31. The molecule has 1 aliphatic rings. The molecule has 0 amide bonds. The lowest BCUT2D eigenvalue weighted by Crippen LogP contribution is -2.35. The summed E-state index contributed by atoms with van der Waals surface area (Å²) in [6.07, 6.45) is 6.67. The van der Waals surface area contributed by atoms with Gasteiger partial charge in [0.05, 0.1) is 10.7 Å². The topological polar surface area (TPSA) is 28.2 Å². The Morgan fingerprint density at radius 2 is 1.95 bits per heavy atom. The fraction of sp³-hybridized carbons (Fsp3) is 0.706. The SMILES string of the molecule is CCNc1ccc(Cl)c(CN(C)C2CCC(CC)CC2)n1. The van der Waals surface area contributed by atoms with Gasteiger partial charge in [-0.25, -0.2) is 4.98 Å². The molecule has 1 fully saturated rings. The van der Waals surface area contributed by atoms with E-state index in [4.69, 9.17) is 11.6 Å². The van der Waals surface area contributed by atoms with E-state index < -0.39 is 0 Å². The van der Waals surface area contributed by atoms with Crippen LogP contribution in [-0.4, -0.2) is 29.5 Å². The van der Waals surface area contributed by atoms with Crippen LogP contribution < -0.4 is 5.32 Å². The van der Waals surface area contributed by atoms with Crippen molar-refractivity contribution in [2.75, 3.05) is 18.9 Å². The molecule has 0 bridgehead atoms. The second kappa shape index (κ2) is 8.00. The molecule has 1 saturated carbocycles. The summed E-state index contributed by atoms with van der Waals surface area (Å²) < 4.78 is 0. The molecular weight excluding hydrogens is 282 g/mol. The van der Waals surface area contributed by atoms with Crippen molar-refractivity contribution in [3.05, 3.63) is 22.8 Å². The van der Waals surface area contributed by atoms with Gasteiger partial charge >= 0.3 is 0 Å². The Kier molecular flexibility index (Phi) is 6.31. The van der Waals surface area contributed by atoms with E-state index in [9.17, 15) is 0 Å². The zero-order valence-corrected chi connectivity index (χ0v) is 14.3. The molecular formula is C17H28ClN3. The lowest BCUT2D eigenvalue weighted by atomic mass is 9.84. The van der Waals surface area contributed by atoms with E-state index in [0.29, 0.717) is 6.04 Å². The molecule has 1 N–H and O–H groups in total. The van der Waals surface area contributed by atoms with E-state index in [1.54, 1.807) is 0 Å². The molecule has 0 unspecified atom stereocenters. The molecule has 118 valence electrons. The summed E-state index contributed by atoms with van der Waals surface area (Å²) in [5, 5.41) is 4.02. The van der Waals surface area contributed by atoms with E-state index in [1.807, 2.05) is 12.1 Å². The maximum atomic E-state index is 6.31. The van der Waals surface area contributed by atoms with Crippen LogP contribution in [0.4, 0.5) is 5.82 Å². The molecule has 1 aromatic heterocycles. The van der Waals surface area contributed by atoms with Crippen LogP contribution in [0.1, 0.15) is 51.6 Å². The summed E-state index contributed by atoms with van der Waals surface area (Å²) in [4.78, 5) is 7.07. The Labute approximate surface area is 134 Å². The van der Waals surface area contributed by atoms with Gasteiger partial charge in [0, 0.05) is 19.1 Å². The van der Waals surface area contributed by atoms with Crippen LogP contribution >= 0.6 is 11.6 Å². The number of anilines is 1. The van der Waals surface area contributed by atoms with Gasteiger partial charge in [-0.05, 0) is 57.7 Å². The Bertz CT molecular complexity index is 442.